The highest BCUT2D eigenvalue weighted by atomic mass is 16.5. The van der Waals surface area contributed by atoms with E-state index in [0.29, 0.717) is 19.8 Å². The molecule has 1 unspecified atom stereocenters. The van der Waals surface area contributed by atoms with Crippen molar-refractivity contribution in [3.63, 3.8) is 0 Å². The maximum Gasteiger partial charge on any atom is 0.325 e. The number of carbonyl (C=O) groups excluding carboxylic acids is 3. The lowest BCUT2D eigenvalue weighted by atomic mass is 9.96. The molecule has 1 aliphatic carbocycles. The third-order valence-electron chi connectivity index (χ3n) is 5.63. The first-order valence-corrected chi connectivity index (χ1v) is 9.66. The average Bonchev–Trinajstić information content (AvgIpc) is 3.54. The van der Waals surface area contributed by atoms with Gasteiger partial charge in [-0.05, 0) is 37.3 Å². The van der Waals surface area contributed by atoms with Gasteiger partial charge in [0.05, 0.1) is 13.2 Å². The summed E-state index contributed by atoms with van der Waals surface area (Å²) < 4.78 is 5.34. The van der Waals surface area contributed by atoms with Crippen LogP contribution >= 0.6 is 0 Å². The van der Waals surface area contributed by atoms with E-state index in [1.807, 2.05) is 12.1 Å². The summed E-state index contributed by atoms with van der Waals surface area (Å²) in [5.74, 6) is 0.373. The molecule has 150 valence electrons. The standard InChI is InChI=1S/C19H25N5O4/c1-19(14-3-4-14)17(26)24(18(27)22-19)12-16(25)21-11-13-2-5-15(20-10-13)23-6-8-28-9-7-23/h2,5,10,14H,3-4,6-9,11-12H2,1H3,(H,21,25)(H,22,27). The molecule has 3 heterocycles. The first-order chi connectivity index (χ1) is 13.5. The third kappa shape index (κ3) is 3.66. The van der Waals surface area contributed by atoms with Crippen molar-refractivity contribution in [1.29, 1.82) is 0 Å². The molecule has 0 radical (unpaired) electrons. The summed E-state index contributed by atoms with van der Waals surface area (Å²) >= 11 is 0. The summed E-state index contributed by atoms with van der Waals surface area (Å²) in [7, 11) is 0. The van der Waals surface area contributed by atoms with Gasteiger partial charge in [-0.3, -0.25) is 14.5 Å². The predicted octanol–water partition coefficient (Wildman–Crippen LogP) is 0.255. The number of amides is 4. The number of ether oxygens (including phenoxy) is 1. The third-order valence-corrected chi connectivity index (χ3v) is 5.63. The number of anilines is 1. The van der Waals surface area contributed by atoms with Gasteiger partial charge in [-0.2, -0.15) is 0 Å². The second-order valence-electron chi connectivity index (χ2n) is 7.70. The van der Waals surface area contributed by atoms with Gasteiger partial charge in [0, 0.05) is 25.8 Å². The van der Waals surface area contributed by atoms with E-state index < -0.39 is 11.6 Å². The van der Waals surface area contributed by atoms with Gasteiger partial charge in [0.1, 0.15) is 17.9 Å². The van der Waals surface area contributed by atoms with Crippen LogP contribution in [0.2, 0.25) is 0 Å². The van der Waals surface area contributed by atoms with Crippen LogP contribution in [0.15, 0.2) is 18.3 Å². The molecule has 2 aliphatic heterocycles. The number of nitrogens with one attached hydrogen (secondary N) is 2. The van der Waals surface area contributed by atoms with Gasteiger partial charge in [0.2, 0.25) is 5.91 Å². The van der Waals surface area contributed by atoms with E-state index in [-0.39, 0.29) is 24.3 Å². The Morgan fingerprint density at radius 2 is 2.07 bits per heavy atom. The average molecular weight is 387 g/mol. The molecular formula is C19H25N5O4. The van der Waals surface area contributed by atoms with Gasteiger partial charge in [-0.25, -0.2) is 9.78 Å². The Hall–Kier alpha value is -2.68. The zero-order chi connectivity index (χ0) is 19.7. The zero-order valence-corrected chi connectivity index (χ0v) is 15.9. The Labute approximate surface area is 163 Å². The van der Waals surface area contributed by atoms with Crippen LogP contribution in [0.3, 0.4) is 0 Å². The number of pyridine rings is 1. The minimum atomic E-state index is -0.864. The van der Waals surface area contributed by atoms with E-state index >= 15 is 0 Å². The summed E-state index contributed by atoms with van der Waals surface area (Å²) in [5.41, 5.74) is -0.0123. The quantitative estimate of drug-likeness (QED) is 0.679. The van der Waals surface area contributed by atoms with Crippen LogP contribution in [0.1, 0.15) is 25.3 Å². The minimum Gasteiger partial charge on any atom is -0.378 e. The maximum atomic E-state index is 12.6. The number of urea groups is 1. The van der Waals surface area contributed by atoms with Crippen molar-refractivity contribution >= 4 is 23.7 Å². The lowest BCUT2D eigenvalue weighted by Crippen LogP contribution is -2.46. The molecule has 4 rings (SSSR count). The largest absolute Gasteiger partial charge is 0.378 e. The van der Waals surface area contributed by atoms with Crippen LogP contribution in [0.5, 0.6) is 0 Å². The molecule has 4 amide bonds. The van der Waals surface area contributed by atoms with E-state index in [1.165, 1.54) is 0 Å². The number of hydrogen-bond donors (Lipinski definition) is 2. The Bertz CT molecular complexity index is 773. The maximum absolute atomic E-state index is 12.6. The Morgan fingerprint density at radius 1 is 1.32 bits per heavy atom. The highest BCUT2D eigenvalue weighted by Crippen LogP contribution is 2.42. The lowest BCUT2D eigenvalue weighted by molar-refractivity contribution is -0.135. The molecule has 2 saturated heterocycles. The van der Waals surface area contributed by atoms with Crippen molar-refractivity contribution in [2.45, 2.75) is 31.8 Å². The fourth-order valence-corrected chi connectivity index (χ4v) is 3.70. The lowest BCUT2D eigenvalue weighted by Gasteiger charge is -2.27. The summed E-state index contributed by atoms with van der Waals surface area (Å²) in [6.07, 6.45) is 3.58. The Morgan fingerprint density at radius 3 is 2.71 bits per heavy atom. The fourth-order valence-electron chi connectivity index (χ4n) is 3.70. The van der Waals surface area contributed by atoms with Crippen molar-refractivity contribution < 1.29 is 19.1 Å². The topological polar surface area (TPSA) is 104 Å². The molecule has 0 bridgehead atoms. The smallest absolute Gasteiger partial charge is 0.325 e. The van der Waals surface area contributed by atoms with Gasteiger partial charge in [-0.15, -0.1) is 0 Å². The van der Waals surface area contributed by atoms with Crippen LogP contribution in [0.25, 0.3) is 0 Å². The SMILES string of the molecule is CC1(C2CC2)NC(=O)N(CC(=O)NCc2ccc(N3CCOCC3)nc2)C1=O. The van der Waals surface area contributed by atoms with E-state index in [1.54, 1.807) is 13.1 Å². The van der Waals surface area contributed by atoms with Crippen LogP contribution in [-0.2, 0) is 20.9 Å². The second-order valence-corrected chi connectivity index (χ2v) is 7.70. The number of carbonyl (C=O) groups is 3. The van der Waals surface area contributed by atoms with Gasteiger partial charge in [0.25, 0.3) is 5.91 Å². The van der Waals surface area contributed by atoms with Crippen LogP contribution in [-0.4, -0.2) is 66.1 Å². The highest BCUT2D eigenvalue weighted by Gasteiger charge is 2.56. The molecule has 1 aromatic heterocycles. The van der Waals surface area contributed by atoms with Crippen molar-refractivity contribution in [3.8, 4) is 0 Å². The molecule has 9 heteroatoms. The number of morpholine rings is 1. The van der Waals surface area contributed by atoms with E-state index in [2.05, 4.69) is 20.5 Å². The van der Waals surface area contributed by atoms with Crippen molar-refractivity contribution in [2.24, 2.45) is 5.92 Å². The molecule has 1 aromatic rings. The number of nitrogens with zero attached hydrogens (tertiary/aromatic N) is 3. The first-order valence-electron chi connectivity index (χ1n) is 9.66. The molecule has 3 aliphatic rings. The van der Waals surface area contributed by atoms with Crippen molar-refractivity contribution in [2.75, 3.05) is 37.7 Å². The summed E-state index contributed by atoms with van der Waals surface area (Å²) in [4.78, 5) is 44.5. The van der Waals surface area contributed by atoms with Crippen molar-refractivity contribution in [1.82, 2.24) is 20.5 Å². The number of aromatic nitrogens is 1. The summed E-state index contributed by atoms with van der Waals surface area (Å²) in [6.45, 7) is 4.78. The molecule has 0 aromatic carbocycles. The highest BCUT2D eigenvalue weighted by molar-refractivity contribution is 6.09. The fraction of sp³-hybridized carbons (Fsp3) is 0.579. The minimum absolute atomic E-state index is 0.174. The summed E-state index contributed by atoms with van der Waals surface area (Å²) in [5, 5.41) is 5.49. The van der Waals surface area contributed by atoms with Gasteiger partial charge < -0.3 is 20.3 Å². The van der Waals surface area contributed by atoms with Gasteiger partial charge in [-0.1, -0.05) is 6.07 Å². The van der Waals surface area contributed by atoms with E-state index in [9.17, 15) is 14.4 Å². The molecule has 0 spiro atoms. The molecule has 28 heavy (non-hydrogen) atoms. The molecule has 2 N–H and O–H groups in total. The van der Waals surface area contributed by atoms with Crippen LogP contribution in [0, 0.1) is 5.92 Å². The molecule has 1 atom stereocenters. The monoisotopic (exact) mass is 387 g/mol. The summed E-state index contributed by atoms with van der Waals surface area (Å²) in [6, 6.07) is 3.34. The molecular weight excluding hydrogens is 362 g/mol. The van der Waals surface area contributed by atoms with Crippen molar-refractivity contribution in [3.05, 3.63) is 23.9 Å². The Balaban J connectivity index is 1.28. The first kappa shape index (κ1) is 18.7. The van der Waals surface area contributed by atoms with Gasteiger partial charge in [0.15, 0.2) is 0 Å². The van der Waals surface area contributed by atoms with E-state index in [4.69, 9.17) is 4.74 Å². The van der Waals surface area contributed by atoms with Gasteiger partial charge >= 0.3 is 6.03 Å². The van der Waals surface area contributed by atoms with Crippen LogP contribution in [0.4, 0.5) is 10.6 Å². The number of rotatable bonds is 6. The number of imide groups is 1. The second kappa shape index (κ2) is 7.38. The molecule has 9 nitrogen and oxygen atoms in total. The molecule has 3 fully saturated rings. The number of hydrogen-bond acceptors (Lipinski definition) is 6. The molecule has 1 saturated carbocycles. The predicted molar refractivity (Wildman–Crippen MR) is 100 cm³/mol. The zero-order valence-electron chi connectivity index (χ0n) is 15.9. The van der Waals surface area contributed by atoms with Crippen LogP contribution < -0.4 is 15.5 Å². The Kier molecular flexibility index (Phi) is 4.92. The normalized spacial score (nSPS) is 25.0. The van der Waals surface area contributed by atoms with E-state index in [0.717, 1.165) is 42.2 Å².